The van der Waals surface area contributed by atoms with Gasteiger partial charge >= 0.3 is 6.61 Å². The zero-order chi connectivity index (χ0) is 16.8. The molecule has 1 N–H and O–H groups in total. The number of amides is 1. The van der Waals surface area contributed by atoms with Crippen LogP contribution in [-0.2, 0) is 4.79 Å². The van der Waals surface area contributed by atoms with Gasteiger partial charge in [-0.1, -0.05) is 17.7 Å². The van der Waals surface area contributed by atoms with E-state index < -0.39 is 6.61 Å². The van der Waals surface area contributed by atoms with Crippen molar-refractivity contribution in [1.82, 2.24) is 0 Å². The number of benzene rings is 2. The second kappa shape index (κ2) is 7.97. The normalized spacial score (nSPS) is 10.7. The highest BCUT2D eigenvalue weighted by atomic mass is 32.2. The molecule has 23 heavy (non-hydrogen) atoms. The molecule has 0 saturated heterocycles. The van der Waals surface area contributed by atoms with Crippen molar-refractivity contribution in [2.75, 3.05) is 11.1 Å². The molecule has 0 radical (unpaired) electrons. The fraction of sp³-hybridized carbons (Fsp3) is 0.235. The molecule has 0 fully saturated rings. The van der Waals surface area contributed by atoms with Crippen LogP contribution in [0.1, 0.15) is 11.1 Å². The van der Waals surface area contributed by atoms with E-state index in [1.165, 1.54) is 41.6 Å². The standard InChI is InChI=1S/C17H17F2NO2S/c1-11-3-8-15(12(2)9-11)23-10-16(21)20-13-4-6-14(7-5-13)22-17(18)19/h3-9,17H,10H2,1-2H3,(H,20,21). The molecule has 1 amide bonds. The second-order valence-corrected chi connectivity index (χ2v) is 6.03. The number of halogens is 2. The first-order chi connectivity index (χ1) is 10.9. The number of aryl methyl sites for hydroxylation is 2. The minimum absolute atomic E-state index is 0.0580. The van der Waals surface area contributed by atoms with Crippen LogP contribution in [0.5, 0.6) is 5.75 Å². The van der Waals surface area contributed by atoms with E-state index in [0.717, 1.165) is 10.5 Å². The molecule has 0 heterocycles. The highest BCUT2D eigenvalue weighted by Gasteiger charge is 2.07. The Morgan fingerprint density at radius 3 is 2.48 bits per heavy atom. The van der Waals surface area contributed by atoms with E-state index in [4.69, 9.17) is 0 Å². The molecular weight excluding hydrogens is 320 g/mol. The SMILES string of the molecule is Cc1ccc(SCC(=O)Nc2ccc(OC(F)F)cc2)c(C)c1. The highest BCUT2D eigenvalue weighted by molar-refractivity contribution is 8.00. The largest absolute Gasteiger partial charge is 0.435 e. The molecule has 0 atom stereocenters. The van der Waals surface area contributed by atoms with Crippen LogP contribution in [-0.4, -0.2) is 18.3 Å². The lowest BCUT2D eigenvalue weighted by Crippen LogP contribution is -2.14. The van der Waals surface area contributed by atoms with Crippen molar-refractivity contribution >= 4 is 23.4 Å². The van der Waals surface area contributed by atoms with Crippen molar-refractivity contribution in [3.05, 3.63) is 53.6 Å². The molecule has 0 spiro atoms. The van der Waals surface area contributed by atoms with Crippen molar-refractivity contribution in [2.45, 2.75) is 25.4 Å². The van der Waals surface area contributed by atoms with Gasteiger partial charge in [0.2, 0.25) is 5.91 Å². The summed E-state index contributed by atoms with van der Waals surface area (Å²) in [5.74, 6) is 0.180. The summed E-state index contributed by atoms with van der Waals surface area (Å²) in [6.07, 6.45) is 0. The predicted molar refractivity (Wildman–Crippen MR) is 88.3 cm³/mol. The highest BCUT2D eigenvalue weighted by Crippen LogP contribution is 2.23. The van der Waals surface area contributed by atoms with E-state index in [-0.39, 0.29) is 17.4 Å². The average molecular weight is 337 g/mol. The van der Waals surface area contributed by atoms with Gasteiger partial charge in [-0.3, -0.25) is 4.79 Å². The Kier molecular flexibility index (Phi) is 5.98. The molecule has 6 heteroatoms. The zero-order valence-electron chi connectivity index (χ0n) is 12.8. The molecule has 0 unspecified atom stereocenters. The third-order valence-corrected chi connectivity index (χ3v) is 4.23. The lowest BCUT2D eigenvalue weighted by atomic mass is 10.2. The first-order valence-electron chi connectivity index (χ1n) is 6.99. The molecule has 0 aliphatic rings. The Bertz CT molecular complexity index is 675. The van der Waals surface area contributed by atoms with Gasteiger partial charge in [0, 0.05) is 10.6 Å². The van der Waals surface area contributed by atoms with Gasteiger partial charge in [-0.2, -0.15) is 8.78 Å². The Labute approximate surface area is 138 Å². The van der Waals surface area contributed by atoms with Crippen LogP contribution in [0.25, 0.3) is 0 Å². The van der Waals surface area contributed by atoms with Crippen LogP contribution in [0.2, 0.25) is 0 Å². The molecular formula is C17H17F2NO2S. The quantitative estimate of drug-likeness (QED) is 0.781. The number of carbonyl (C=O) groups excluding carboxylic acids is 1. The molecule has 2 aromatic rings. The van der Waals surface area contributed by atoms with E-state index >= 15 is 0 Å². The minimum Gasteiger partial charge on any atom is -0.435 e. The molecule has 122 valence electrons. The first kappa shape index (κ1) is 17.3. The predicted octanol–water partition coefficient (Wildman–Crippen LogP) is 4.64. The summed E-state index contributed by atoms with van der Waals surface area (Å²) in [7, 11) is 0. The van der Waals surface area contributed by atoms with Gasteiger partial charge in [-0.05, 0) is 49.7 Å². The Hall–Kier alpha value is -2.08. The number of rotatable bonds is 6. The second-order valence-electron chi connectivity index (χ2n) is 5.01. The summed E-state index contributed by atoms with van der Waals surface area (Å²) < 4.78 is 28.4. The van der Waals surface area contributed by atoms with E-state index in [2.05, 4.69) is 16.1 Å². The van der Waals surface area contributed by atoms with Crippen LogP contribution in [0.15, 0.2) is 47.4 Å². The molecule has 0 aromatic heterocycles. The number of hydrogen-bond donors (Lipinski definition) is 1. The van der Waals surface area contributed by atoms with Gasteiger partial charge in [-0.25, -0.2) is 0 Å². The number of thioether (sulfide) groups is 1. The lowest BCUT2D eigenvalue weighted by Gasteiger charge is -2.09. The van der Waals surface area contributed by atoms with E-state index in [0.29, 0.717) is 5.69 Å². The average Bonchev–Trinajstić information content (AvgIpc) is 2.48. The van der Waals surface area contributed by atoms with Gasteiger partial charge in [0.1, 0.15) is 5.75 Å². The summed E-state index contributed by atoms with van der Waals surface area (Å²) in [5.41, 5.74) is 2.86. The number of hydrogen-bond acceptors (Lipinski definition) is 3. The van der Waals surface area contributed by atoms with E-state index in [1.54, 1.807) is 0 Å². The Balaban J connectivity index is 1.87. The van der Waals surface area contributed by atoms with Crippen molar-refractivity contribution in [3.63, 3.8) is 0 Å². The van der Waals surface area contributed by atoms with Crippen LogP contribution in [0.4, 0.5) is 14.5 Å². The summed E-state index contributed by atoms with van der Waals surface area (Å²) in [4.78, 5) is 13.0. The molecule has 2 aromatic carbocycles. The van der Waals surface area contributed by atoms with Gasteiger partial charge in [0.25, 0.3) is 0 Å². The summed E-state index contributed by atoms with van der Waals surface area (Å²) in [6.45, 7) is 1.18. The third-order valence-electron chi connectivity index (χ3n) is 3.05. The smallest absolute Gasteiger partial charge is 0.387 e. The monoisotopic (exact) mass is 337 g/mol. The summed E-state index contributed by atoms with van der Waals surface area (Å²) in [6, 6.07) is 11.9. The Morgan fingerprint density at radius 2 is 1.87 bits per heavy atom. The molecule has 0 saturated carbocycles. The number of anilines is 1. The van der Waals surface area contributed by atoms with Crippen molar-refractivity contribution in [2.24, 2.45) is 0 Å². The number of alkyl halides is 2. The van der Waals surface area contributed by atoms with Crippen LogP contribution in [0, 0.1) is 13.8 Å². The molecule has 2 rings (SSSR count). The molecule has 3 nitrogen and oxygen atoms in total. The summed E-state index contributed by atoms with van der Waals surface area (Å²) in [5, 5.41) is 2.72. The van der Waals surface area contributed by atoms with E-state index in [9.17, 15) is 13.6 Å². The maximum Gasteiger partial charge on any atom is 0.387 e. The van der Waals surface area contributed by atoms with Crippen molar-refractivity contribution < 1.29 is 18.3 Å². The van der Waals surface area contributed by atoms with Crippen LogP contribution in [0.3, 0.4) is 0 Å². The third kappa shape index (κ3) is 5.56. The maximum atomic E-state index is 12.1. The molecule has 0 aliphatic carbocycles. The first-order valence-corrected chi connectivity index (χ1v) is 7.97. The Morgan fingerprint density at radius 1 is 1.17 bits per heavy atom. The topological polar surface area (TPSA) is 38.3 Å². The minimum atomic E-state index is -2.86. The number of nitrogens with one attached hydrogen (secondary N) is 1. The fourth-order valence-corrected chi connectivity index (χ4v) is 2.83. The van der Waals surface area contributed by atoms with Crippen LogP contribution < -0.4 is 10.1 Å². The summed E-state index contributed by atoms with van der Waals surface area (Å²) >= 11 is 1.46. The van der Waals surface area contributed by atoms with Crippen LogP contribution >= 0.6 is 11.8 Å². The maximum absolute atomic E-state index is 12.1. The van der Waals surface area contributed by atoms with Gasteiger partial charge in [-0.15, -0.1) is 11.8 Å². The van der Waals surface area contributed by atoms with Crippen molar-refractivity contribution in [1.29, 1.82) is 0 Å². The fourth-order valence-electron chi connectivity index (χ4n) is 2.02. The van der Waals surface area contributed by atoms with E-state index in [1.807, 2.05) is 26.0 Å². The van der Waals surface area contributed by atoms with Gasteiger partial charge in [0.05, 0.1) is 5.75 Å². The van der Waals surface area contributed by atoms with Gasteiger partial charge < -0.3 is 10.1 Å². The van der Waals surface area contributed by atoms with Gasteiger partial charge in [0.15, 0.2) is 0 Å². The molecule has 0 bridgehead atoms. The number of ether oxygens (including phenoxy) is 1. The zero-order valence-corrected chi connectivity index (χ0v) is 13.6. The molecule has 0 aliphatic heterocycles. The number of carbonyl (C=O) groups is 1. The lowest BCUT2D eigenvalue weighted by molar-refractivity contribution is -0.113. The van der Waals surface area contributed by atoms with Crippen molar-refractivity contribution in [3.8, 4) is 5.75 Å².